The standard InChI is InChI=1S/C22H15Cl2N3O3S/c23-18-8-6-15(22(28)26-17-7-5-16(13-25)19(24)12-17)11-21(18)31(29,30)27-10-9-14-3-1-2-4-20(14)27/h1-8,11-12H,9-10H2,(H,26,28). The molecule has 0 spiro atoms. The molecule has 0 aromatic heterocycles. The molecule has 156 valence electrons. The Hall–Kier alpha value is -3.05. The highest BCUT2D eigenvalue weighted by Crippen LogP contribution is 2.35. The van der Waals surface area contributed by atoms with Crippen LogP contribution >= 0.6 is 23.2 Å². The number of carbonyl (C=O) groups excluding carboxylic acids is 1. The maximum absolute atomic E-state index is 13.3. The minimum atomic E-state index is -3.96. The lowest BCUT2D eigenvalue weighted by atomic mass is 10.2. The minimum Gasteiger partial charge on any atom is -0.322 e. The normalized spacial score (nSPS) is 12.9. The molecule has 1 aliphatic heterocycles. The van der Waals surface area contributed by atoms with Crippen LogP contribution in [-0.2, 0) is 16.4 Å². The molecule has 0 unspecified atom stereocenters. The second-order valence-electron chi connectivity index (χ2n) is 6.86. The van der Waals surface area contributed by atoms with Crippen LogP contribution in [0.25, 0.3) is 0 Å². The Morgan fingerprint density at radius 3 is 2.55 bits per heavy atom. The molecule has 0 saturated carbocycles. The maximum Gasteiger partial charge on any atom is 0.265 e. The molecule has 6 nitrogen and oxygen atoms in total. The molecule has 0 saturated heterocycles. The first-order valence-electron chi connectivity index (χ1n) is 9.22. The zero-order chi connectivity index (χ0) is 22.2. The highest BCUT2D eigenvalue weighted by molar-refractivity contribution is 7.93. The van der Waals surface area contributed by atoms with Gasteiger partial charge < -0.3 is 5.32 Å². The largest absolute Gasteiger partial charge is 0.322 e. The van der Waals surface area contributed by atoms with Crippen molar-refractivity contribution in [1.82, 2.24) is 0 Å². The van der Waals surface area contributed by atoms with E-state index in [2.05, 4.69) is 5.32 Å². The molecule has 3 aromatic carbocycles. The molecule has 0 fully saturated rings. The molecule has 1 amide bonds. The maximum atomic E-state index is 13.3. The molecule has 1 N–H and O–H groups in total. The zero-order valence-electron chi connectivity index (χ0n) is 16.0. The van der Waals surface area contributed by atoms with Gasteiger partial charge in [-0.05, 0) is 54.4 Å². The summed E-state index contributed by atoms with van der Waals surface area (Å²) < 4.78 is 28.0. The van der Waals surface area contributed by atoms with Gasteiger partial charge in [-0.15, -0.1) is 0 Å². The zero-order valence-corrected chi connectivity index (χ0v) is 18.3. The van der Waals surface area contributed by atoms with Crippen LogP contribution in [0.5, 0.6) is 0 Å². The summed E-state index contributed by atoms with van der Waals surface area (Å²) in [5.74, 6) is -0.532. The lowest BCUT2D eigenvalue weighted by Gasteiger charge is -2.20. The van der Waals surface area contributed by atoms with Crippen LogP contribution in [0.15, 0.2) is 65.6 Å². The quantitative estimate of drug-likeness (QED) is 0.587. The molecule has 0 aliphatic carbocycles. The van der Waals surface area contributed by atoms with Gasteiger partial charge in [-0.1, -0.05) is 41.4 Å². The van der Waals surface area contributed by atoms with Crippen molar-refractivity contribution in [3.63, 3.8) is 0 Å². The van der Waals surface area contributed by atoms with Gasteiger partial charge in [0.2, 0.25) is 0 Å². The third-order valence-electron chi connectivity index (χ3n) is 4.95. The van der Waals surface area contributed by atoms with Gasteiger partial charge in [0.15, 0.2) is 0 Å². The van der Waals surface area contributed by atoms with E-state index in [4.69, 9.17) is 28.5 Å². The number of rotatable bonds is 4. The first kappa shape index (κ1) is 21.2. The number of nitrogens with one attached hydrogen (secondary N) is 1. The Balaban J connectivity index is 1.65. The summed E-state index contributed by atoms with van der Waals surface area (Å²) in [4.78, 5) is 12.6. The highest BCUT2D eigenvalue weighted by Gasteiger charge is 2.32. The van der Waals surface area contributed by atoms with Crippen molar-refractivity contribution in [3.8, 4) is 6.07 Å². The number of para-hydroxylation sites is 1. The highest BCUT2D eigenvalue weighted by atomic mass is 35.5. The second kappa shape index (κ2) is 8.23. The van der Waals surface area contributed by atoms with Crippen molar-refractivity contribution >= 4 is 50.5 Å². The van der Waals surface area contributed by atoms with Crippen molar-refractivity contribution in [2.45, 2.75) is 11.3 Å². The Morgan fingerprint density at radius 2 is 1.81 bits per heavy atom. The minimum absolute atomic E-state index is 0.0300. The third kappa shape index (κ3) is 3.98. The molecule has 1 aliphatic rings. The molecule has 4 rings (SSSR count). The van der Waals surface area contributed by atoms with Crippen molar-refractivity contribution in [2.24, 2.45) is 0 Å². The van der Waals surface area contributed by atoms with Gasteiger partial charge in [0.25, 0.3) is 15.9 Å². The number of nitrogens with zero attached hydrogens (tertiary/aromatic N) is 2. The molecule has 1 heterocycles. The Kier molecular flexibility index (Phi) is 5.63. The van der Waals surface area contributed by atoms with E-state index in [-0.39, 0.29) is 26.1 Å². The van der Waals surface area contributed by atoms with Crippen LogP contribution in [0.3, 0.4) is 0 Å². The summed E-state index contributed by atoms with van der Waals surface area (Å²) in [6.07, 6.45) is 0.604. The first-order chi connectivity index (χ1) is 14.8. The van der Waals surface area contributed by atoms with Gasteiger partial charge in [0.1, 0.15) is 11.0 Å². The number of nitriles is 1. The van der Waals surface area contributed by atoms with Gasteiger partial charge in [-0.2, -0.15) is 5.26 Å². The molecule has 3 aromatic rings. The number of amides is 1. The fourth-order valence-electron chi connectivity index (χ4n) is 3.41. The molecular formula is C22H15Cl2N3O3S. The van der Waals surface area contributed by atoms with Gasteiger partial charge in [-0.25, -0.2) is 8.42 Å². The van der Waals surface area contributed by atoms with E-state index in [1.807, 2.05) is 18.2 Å². The molecular weight excluding hydrogens is 457 g/mol. The Morgan fingerprint density at radius 1 is 1.03 bits per heavy atom. The van der Waals surface area contributed by atoms with Crippen molar-refractivity contribution < 1.29 is 13.2 Å². The van der Waals surface area contributed by atoms with Gasteiger partial charge in [-0.3, -0.25) is 9.10 Å². The van der Waals surface area contributed by atoms with E-state index >= 15 is 0 Å². The second-order valence-corrected chi connectivity index (χ2v) is 9.51. The predicted octanol–water partition coefficient (Wildman–Crippen LogP) is 4.87. The lowest BCUT2D eigenvalue weighted by molar-refractivity contribution is 0.102. The number of carbonyl (C=O) groups is 1. The monoisotopic (exact) mass is 471 g/mol. The van der Waals surface area contributed by atoms with E-state index in [0.29, 0.717) is 24.3 Å². The number of sulfonamides is 1. The Labute approximate surface area is 189 Å². The lowest BCUT2D eigenvalue weighted by Crippen LogP contribution is -2.29. The molecule has 0 radical (unpaired) electrons. The average molecular weight is 472 g/mol. The van der Waals surface area contributed by atoms with E-state index in [1.165, 1.54) is 40.7 Å². The van der Waals surface area contributed by atoms with E-state index < -0.39 is 15.9 Å². The number of hydrogen-bond donors (Lipinski definition) is 1. The summed E-state index contributed by atoms with van der Waals surface area (Å²) in [5, 5.41) is 11.8. The fraction of sp³-hybridized carbons (Fsp3) is 0.0909. The number of halogens is 2. The topological polar surface area (TPSA) is 90.3 Å². The predicted molar refractivity (Wildman–Crippen MR) is 120 cm³/mol. The van der Waals surface area contributed by atoms with Crippen LogP contribution in [-0.4, -0.2) is 20.9 Å². The van der Waals surface area contributed by atoms with Crippen LogP contribution in [0.1, 0.15) is 21.5 Å². The van der Waals surface area contributed by atoms with Crippen LogP contribution in [0.4, 0.5) is 11.4 Å². The van der Waals surface area contributed by atoms with E-state index in [0.717, 1.165) is 5.56 Å². The molecule has 0 bridgehead atoms. The first-order valence-corrected chi connectivity index (χ1v) is 11.4. The number of benzene rings is 3. The van der Waals surface area contributed by atoms with Gasteiger partial charge in [0.05, 0.1) is 21.3 Å². The van der Waals surface area contributed by atoms with Crippen molar-refractivity contribution in [3.05, 3.63) is 87.4 Å². The summed E-state index contributed by atoms with van der Waals surface area (Å²) in [6.45, 7) is 0.304. The summed E-state index contributed by atoms with van der Waals surface area (Å²) in [7, 11) is -3.96. The third-order valence-corrected chi connectivity index (χ3v) is 7.56. The molecule has 9 heteroatoms. The van der Waals surface area contributed by atoms with E-state index in [9.17, 15) is 13.2 Å². The van der Waals surface area contributed by atoms with Crippen molar-refractivity contribution in [1.29, 1.82) is 5.26 Å². The van der Waals surface area contributed by atoms with Crippen LogP contribution in [0.2, 0.25) is 10.0 Å². The van der Waals surface area contributed by atoms with Gasteiger partial charge >= 0.3 is 0 Å². The van der Waals surface area contributed by atoms with E-state index in [1.54, 1.807) is 12.1 Å². The Bertz CT molecular complexity index is 1350. The fourth-order valence-corrected chi connectivity index (χ4v) is 5.63. The number of anilines is 2. The number of hydrogen-bond acceptors (Lipinski definition) is 4. The van der Waals surface area contributed by atoms with Crippen LogP contribution in [0, 0.1) is 11.3 Å². The number of fused-ring (bicyclic) bond motifs is 1. The summed E-state index contributed by atoms with van der Waals surface area (Å²) >= 11 is 12.2. The smallest absolute Gasteiger partial charge is 0.265 e. The summed E-state index contributed by atoms with van der Waals surface area (Å²) in [5.41, 5.74) is 2.33. The SMILES string of the molecule is N#Cc1ccc(NC(=O)c2ccc(Cl)c(S(=O)(=O)N3CCc4ccccc43)c2)cc1Cl. The van der Waals surface area contributed by atoms with Gasteiger partial charge in [0, 0.05) is 17.8 Å². The molecule has 31 heavy (non-hydrogen) atoms. The molecule has 0 atom stereocenters. The summed E-state index contributed by atoms with van der Waals surface area (Å²) in [6, 6.07) is 17.8. The van der Waals surface area contributed by atoms with Crippen molar-refractivity contribution in [2.75, 3.05) is 16.2 Å². The van der Waals surface area contributed by atoms with Crippen LogP contribution < -0.4 is 9.62 Å². The average Bonchev–Trinajstić information content (AvgIpc) is 3.19.